The maximum absolute atomic E-state index is 13.8. The number of amides is 1. The van der Waals surface area contributed by atoms with Crippen LogP contribution in [0.15, 0.2) is 65.1 Å². The van der Waals surface area contributed by atoms with E-state index in [1.54, 1.807) is 24.3 Å². The van der Waals surface area contributed by atoms with Gasteiger partial charge in [-0.05, 0) is 43.3 Å². The molecule has 0 spiro atoms. The van der Waals surface area contributed by atoms with Gasteiger partial charge in [0.05, 0.1) is 22.6 Å². The number of carbonyl (C=O) groups excluding carboxylic acids is 1. The Balaban J connectivity index is 1.52. The van der Waals surface area contributed by atoms with Crippen molar-refractivity contribution >= 4 is 16.9 Å². The molecule has 2 N–H and O–H groups in total. The van der Waals surface area contributed by atoms with Crippen molar-refractivity contribution in [1.82, 2.24) is 15.3 Å². The molecule has 130 valence electrons. The van der Waals surface area contributed by atoms with Crippen molar-refractivity contribution in [2.45, 2.75) is 13.0 Å². The van der Waals surface area contributed by atoms with E-state index in [2.05, 4.69) is 15.3 Å². The Kier molecular flexibility index (Phi) is 4.01. The van der Waals surface area contributed by atoms with E-state index in [0.717, 1.165) is 11.0 Å². The number of hydrogen-bond acceptors (Lipinski definition) is 3. The van der Waals surface area contributed by atoms with Crippen LogP contribution in [0, 0.1) is 5.82 Å². The van der Waals surface area contributed by atoms with Crippen LogP contribution in [0.1, 0.15) is 29.3 Å². The molecule has 0 aliphatic carbocycles. The molecule has 2 heterocycles. The Bertz CT molecular complexity index is 1050. The predicted molar refractivity (Wildman–Crippen MR) is 96.1 cm³/mol. The van der Waals surface area contributed by atoms with Crippen LogP contribution in [-0.4, -0.2) is 15.9 Å². The molecule has 0 saturated carbocycles. The zero-order valence-electron chi connectivity index (χ0n) is 14.0. The number of furan rings is 1. The number of halogens is 1. The molecule has 1 atom stereocenters. The van der Waals surface area contributed by atoms with Gasteiger partial charge in [0.25, 0.3) is 5.91 Å². The smallest absolute Gasteiger partial charge is 0.287 e. The highest BCUT2D eigenvalue weighted by atomic mass is 19.1. The van der Waals surface area contributed by atoms with E-state index in [1.165, 1.54) is 12.1 Å². The normalized spacial score (nSPS) is 12.2. The van der Waals surface area contributed by atoms with Gasteiger partial charge in [0.15, 0.2) is 5.76 Å². The lowest BCUT2D eigenvalue weighted by atomic mass is 10.1. The Labute approximate surface area is 148 Å². The molecule has 2 aromatic heterocycles. The van der Waals surface area contributed by atoms with Gasteiger partial charge < -0.3 is 14.7 Å². The zero-order chi connectivity index (χ0) is 18.1. The van der Waals surface area contributed by atoms with Gasteiger partial charge in [-0.25, -0.2) is 9.37 Å². The molecule has 0 radical (unpaired) electrons. The summed E-state index contributed by atoms with van der Waals surface area (Å²) in [6, 6.07) is 16.7. The van der Waals surface area contributed by atoms with Crippen molar-refractivity contribution in [1.29, 1.82) is 0 Å². The number of rotatable bonds is 4. The van der Waals surface area contributed by atoms with Crippen LogP contribution < -0.4 is 5.32 Å². The molecule has 0 fully saturated rings. The fourth-order valence-corrected chi connectivity index (χ4v) is 2.78. The van der Waals surface area contributed by atoms with E-state index in [-0.39, 0.29) is 17.7 Å². The SMILES string of the molecule is C[C@H](NC(=O)c1ccc(-c2ccccc2F)o1)c1nc2ccccc2[nH]1. The third-order valence-electron chi connectivity index (χ3n) is 4.13. The molecular formula is C20H16FN3O2. The number of aromatic amines is 1. The Morgan fingerprint density at radius 1 is 1.12 bits per heavy atom. The highest BCUT2D eigenvalue weighted by Crippen LogP contribution is 2.25. The van der Waals surface area contributed by atoms with E-state index < -0.39 is 5.82 Å². The standard InChI is InChI=1S/C20H16FN3O2/c1-12(19-23-15-8-4-5-9-16(15)24-19)22-20(25)18-11-10-17(26-18)13-6-2-3-7-14(13)21/h2-12H,1H3,(H,22,25)(H,23,24)/t12-/m0/s1. The van der Waals surface area contributed by atoms with Crippen molar-refractivity contribution in [3.63, 3.8) is 0 Å². The summed E-state index contributed by atoms with van der Waals surface area (Å²) in [5.74, 6) is 0.293. The Morgan fingerprint density at radius 2 is 1.88 bits per heavy atom. The molecule has 2 aromatic carbocycles. The first-order valence-corrected chi connectivity index (χ1v) is 8.22. The van der Waals surface area contributed by atoms with Crippen LogP contribution >= 0.6 is 0 Å². The lowest BCUT2D eigenvalue weighted by molar-refractivity contribution is 0.0911. The average Bonchev–Trinajstić information content (AvgIpc) is 3.29. The van der Waals surface area contributed by atoms with E-state index in [0.29, 0.717) is 17.1 Å². The van der Waals surface area contributed by atoms with Gasteiger partial charge >= 0.3 is 0 Å². The van der Waals surface area contributed by atoms with E-state index in [4.69, 9.17) is 4.42 Å². The van der Waals surface area contributed by atoms with Crippen LogP contribution in [0.2, 0.25) is 0 Å². The highest BCUT2D eigenvalue weighted by molar-refractivity contribution is 5.92. The minimum atomic E-state index is -0.399. The number of benzene rings is 2. The number of nitrogens with one attached hydrogen (secondary N) is 2. The number of hydrogen-bond donors (Lipinski definition) is 2. The van der Waals surface area contributed by atoms with Crippen LogP contribution in [0.25, 0.3) is 22.4 Å². The second-order valence-electron chi connectivity index (χ2n) is 5.98. The summed E-state index contributed by atoms with van der Waals surface area (Å²) >= 11 is 0. The van der Waals surface area contributed by atoms with Crippen LogP contribution in [0.4, 0.5) is 4.39 Å². The van der Waals surface area contributed by atoms with Crippen molar-refractivity contribution in [3.05, 3.63) is 78.1 Å². The molecular weight excluding hydrogens is 333 g/mol. The van der Waals surface area contributed by atoms with Crippen LogP contribution in [0.5, 0.6) is 0 Å². The molecule has 4 rings (SSSR count). The van der Waals surface area contributed by atoms with Crippen LogP contribution in [0.3, 0.4) is 0 Å². The van der Waals surface area contributed by atoms with E-state index in [9.17, 15) is 9.18 Å². The lowest BCUT2D eigenvalue weighted by Crippen LogP contribution is -2.26. The number of imidazole rings is 1. The van der Waals surface area contributed by atoms with Gasteiger partial charge in [-0.2, -0.15) is 0 Å². The fourth-order valence-electron chi connectivity index (χ4n) is 2.78. The minimum absolute atomic E-state index is 0.117. The average molecular weight is 349 g/mol. The molecule has 4 aromatic rings. The van der Waals surface area contributed by atoms with Gasteiger partial charge in [0, 0.05) is 0 Å². The Morgan fingerprint density at radius 3 is 2.69 bits per heavy atom. The van der Waals surface area contributed by atoms with Crippen LogP contribution in [-0.2, 0) is 0 Å². The molecule has 6 heteroatoms. The summed E-state index contributed by atoms with van der Waals surface area (Å²) in [6.07, 6.45) is 0. The topological polar surface area (TPSA) is 70.9 Å². The van der Waals surface area contributed by atoms with Gasteiger partial charge in [-0.15, -0.1) is 0 Å². The maximum Gasteiger partial charge on any atom is 0.287 e. The molecule has 1 amide bonds. The predicted octanol–water partition coefficient (Wildman–Crippen LogP) is 4.45. The van der Waals surface area contributed by atoms with Gasteiger partial charge in [0.1, 0.15) is 17.4 Å². The summed E-state index contributed by atoms with van der Waals surface area (Å²) < 4.78 is 19.4. The van der Waals surface area contributed by atoms with Crippen molar-refractivity contribution < 1.29 is 13.6 Å². The molecule has 0 aliphatic heterocycles. The van der Waals surface area contributed by atoms with E-state index >= 15 is 0 Å². The third kappa shape index (κ3) is 2.97. The first-order valence-electron chi connectivity index (χ1n) is 8.22. The molecule has 0 aliphatic rings. The molecule has 0 bridgehead atoms. The summed E-state index contributed by atoms with van der Waals surface area (Å²) in [6.45, 7) is 1.83. The number of aromatic nitrogens is 2. The van der Waals surface area contributed by atoms with Gasteiger partial charge in [-0.3, -0.25) is 4.79 Å². The summed E-state index contributed by atoms with van der Waals surface area (Å²) in [4.78, 5) is 20.1. The summed E-state index contributed by atoms with van der Waals surface area (Å²) in [5.41, 5.74) is 2.06. The first-order chi connectivity index (χ1) is 12.6. The first kappa shape index (κ1) is 16.1. The summed E-state index contributed by atoms with van der Waals surface area (Å²) in [5, 5.41) is 2.83. The number of fused-ring (bicyclic) bond motifs is 1. The quantitative estimate of drug-likeness (QED) is 0.572. The molecule has 0 saturated heterocycles. The third-order valence-corrected chi connectivity index (χ3v) is 4.13. The number of nitrogens with zero attached hydrogens (tertiary/aromatic N) is 1. The summed E-state index contributed by atoms with van der Waals surface area (Å²) in [7, 11) is 0. The highest BCUT2D eigenvalue weighted by Gasteiger charge is 2.18. The Hall–Kier alpha value is -3.41. The second-order valence-corrected chi connectivity index (χ2v) is 5.98. The van der Waals surface area contributed by atoms with Crippen molar-refractivity contribution in [3.8, 4) is 11.3 Å². The monoisotopic (exact) mass is 349 g/mol. The molecule has 5 nitrogen and oxygen atoms in total. The van der Waals surface area contributed by atoms with Crippen molar-refractivity contribution in [2.75, 3.05) is 0 Å². The minimum Gasteiger partial charge on any atom is -0.451 e. The number of para-hydroxylation sites is 2. The molecule has 26 heavy (non-hydrogen) atoms. The van der Waals surface area contributed by atoms with E-state index in [1.807, 2.05) is 31.2 Å². The fraction of sp³-hybridized carbons (Fsp3) is 0.100. The van der Waals surface area contributed by atoms with Gasteiger partial charge in [0.2, 0.25) is 0 Å². The largest absolute Gasteiger partial charge is 0.451 e. The maximum atomic E-state index is 13.8. The second kappa shape index (κ2) is 6.48. The number of carbonyl (C=O) groups is 1. The zero-order valence-corrected chi connectivity index (χ0v) is 14.0. The number of H-pyrrole nitrogens is 1. The molecule has 0 unspecified atom stereocenters. The van der Waals surface area contributed by atoms with Crippen molar-refractivity contribution in [2.24, 2.45) is 0 Å². The lowest BCUT2D eigenvalue weighted by Gasteiger charge is -2.09. The van der Waals surface area contributed by atoms with Gasteiger partial charge in [-0.1, -0.05) is 24.3 Å².